The number of amides is 1. The van der Waals surface area contributed by atoms with Gasteiger partial charge in [-0.3, -0.25) is 4.79 Å². The molecule has 0 saturated heterocycles. The third-order valence-electron chi connectivity index (χ3n) is 4.57. The van der Waals surface area contributed by atoms with Crippen LogP contribution in [0.1, 0.15) is 23.7 Å². The summed E-state index contributed by atoms with van der Waals surface area (Å²) in [6, 6.07) is 14.9. The van der Waals surface area contributed by atoms with Crippen LogP contribution in [0.2, 0.25) is 0 Å². The number of hydrogen-bond donors (Lipinski definition) is 2. The first-order valence-corrected chi connectivity index (χ1v) is 9.91. The van der Waals surface area contributed by atoms with Crippen LogP contribution < -0.4 is 20.1 Å². The normalized spacial score (nSPS) is 10.6. The number of nitrogens with zero attached hydrogens (tertiary/aromatic N) is 1. The molecule has 0 atom stereocenters. The first kappa shape index (κ1) is 21.4. The van der Waals surface area contributed by atoms with Crippen LogP contribution in [-0.4, -0.2) is 44.9 Å². The van der Waals surface area contributed by atoms with E-state index in [4.69, 9.17) is 14.2 Å². The maximum atomic E-state index is 12.8. The number of hydrogen-bond acceptors (Lipinski definition) is 6. The van der Waals surface area contributed by atoms with Crippen molar-refractivity contribution in [1.29, 1.82) is 0 Å². The number of anilines is 2. The first-order chi connectivity index (χ1) is 14.7. The number of nitrogens with one attached hydrogen (secondary N) is 2. The Labute approximate surface area is 176 Å². The van der Waals surface area contributed by atoms with Gasteiger partial charge in [-0.2, -0.15) is 0 Å². The maximum absolute atomic E-state index is 12.8. The van der Waals surface area contributed by atoms with Crippen LogP contribution in [0, 0.1) is 0 Å². The van der Waals surface area contributed by atoms with Crippen molar-refractivity contribution in [1.82, 2.24) is 10.3 Å². The molecule has 2 aromatic carbocycles. The van der Waals surface area contributed by atoms with Crippen LogP contribution in [0.4, 0.5) is 11.5 Å². The average molecular weight is 409 g/mol. The number of rotatable bonds is 10. The van der Waals surface area contributed by atoms with Crippen molar-refractivity contribution in [2.45, 2.75) is 13.3 Å². The lowest BCUT2D eigenvalue weighted by Crippen LogP contribution is -2.25. The van der Waals surface area contributed by atoms with E-state index in [1.165, 1.54) is 0 Å². The van der Waals surface area contributed by atoms with E-state index in [9.17, 15) is 4.79 Å². The number of aromatic nitrogens is 1. The van der Waals surface area contributed by atoms with Gasteiger partial charge in [-0.25, -0.2) is 4.98 Å². The number of pyridine rings is 1. The van der Waals surface area contributed by atoms with Gasteiger partial charge in [0.25, 0.3) is 5.91 Å². The van der Waals surface area contributed by atoms with Crippen LogP contribution in [0.15, 0.2) is 48.5 Å². The average Bonchev–Trinajstić information content (AvgIpc) is 2.78. The van der Waals surface area contributed by atoms with Crippen molar-refractivity contribution in [2.24, 2.45) is 0 Å². The number of fused-ring (bicyclic) bond motifs is 1. The molecule has 0 fully saturated rings. The molecule has 2 N–H and O–H groups in total. The van der Waals surface area contributed by atoms with E-state index in [1.807, 2.05) is 49.4 Å². The Morgan fingerprint density at radius 3 is 2.60 bits per heavy atom. The van der Waals surface area contributed by atoms with Crippen LogP contribution in [0.3, 0.4) is 0 Å². The minimum atomic E-state index is -0.138. The quantitative estimate of drug-likeness (QED) is 0.490. The van der Waals surface area contributed by atoms with Gasteiger partial charge in [-0.05, 0) is 37.6 Å². The molecule has 30 heavy (non-hydrogen) atoms. The van der Waals surface area contributed by atoms with Gasteiger partial charge >= 0.3 is 0 Å². The molecular formula is C23H27N3O4. The molecule has 3 rings (SSSR count). The Balaban J connectivity index is 1.85. The number of carbonyl (C=O) groups is 1. The molecule has 1 heterocycles. The standard InChI is InChI=1S/C23H27N3O4/c1-4-30-13-7-12-24-23(27)18-15-22(26-19-9-6-5-8-17(18)19)25-16-10-11-20(28-2)21(14-16)29-3/h5-6,8-11,14-15H,4,7,12-13H2,1-3H3,(H,24,27)(H,25,26). The van der Waals surface area contributed by atoms with Crippen LogP contribution in [-0.2, 0) is 4.74 Å². The highest BCUT2D eigenvalue weighted by Gasteiger charge is 2.13. The van der Waals surface area contributed by atoms with E-state index in [1.54, 1.807) is 20.3 Å². The summed E-state index contributed by atoms with van der Waals surface area (Å²) < 4.78 is 16.0. The minimum absolute atomic E-state index is 0.138. The van der Waals surface area contributed by atoms with Gasteiger partial charge < -0.3 is 24.8 Å². The fourth-order valence-electron chi connectivity index (χ4n) is 3.10. The van der Waals surface area contributed by atoms with Crippen molar-refractivity contribution in [2.75, 3.05) is 39.3 Å². The number of methoxy groups -OCH3 is 2. The van der Waals surface area contributed by atoms with E-state index in [0.29, 0.717) is 42.6 Å². The molecule has 0 spiro atoms. The van der Waals surface area contributed by atoms with E-state index >= 15 is 0 Å². The Hall–Kier alpha value is -3.32. The molecule has 7 nitrogen and oxygen atoms in total. The zero-order chi connectivity index (χ0) is 21.3. The highest BCUT2D eigenvalue weighted by Crippen LogP contribution is 2.31. The predicted octanol–water partition coefficient (Wildman–Crippen LogP) is 4.15. The van der Waals surface area contributed by atoms with Crippen molar-refractivity contribution in [3.63, 3.8) is 0 Å². The molecule has 158 valence electrons. The zero-order valence-corrected chi connectivity index (χ0v) is 17.5. The highest BCUT2D eigenvalue weighted by atomic mass is 16.5. The molecule has 0 radical (unpaired) electrons. The zero-order valence-electron chi connectivity index (χ0n) is 17.5. The number of ether oxygens (including phenoxy) is 3. The second-order valence-corrected chi connectivity index (χ2v) is 6.57. The fourth-order valence-corrected chi connectivity index (χ4v) is 3.10. The van der Waals surface area contributed by atoms with Gasteiger partial charge in [0, 0.05) is 36.9 Å². The third kappa shape index (κ3) is 5.18. The highest BCUT2D eigenvalue weighted by molar-refractivity contribution is 6.07. The van der Waals surface area contributed by atoms with E-state index in [-0.39, 0.29) is 5.91 Å². The molecule has 0 aliphatic rings. The molecular weight excluding hydrogens is 382 g/mol. The SMILES string of the molecule is CCOCCCNC(=O)c1cc(Nc2ccc(OC)c(OC)c2)nc2ccccc12. The molecule has 3 aromatic rings. The monoisotopic (exact) mass is 409 g/mol. The predicted molar refractivity (Wildman–Crippen MR) is 118 cm³/mol. The van der Waals surface area contributed by atoms with Crippen LogP contribution in [0.25, 0.3) is 10.9 Å². The van der Waals surface area contributed by atoms with Gasteiger partial charge in [0.1, 0.15) is 5.82 Å². The third-order valence-corrected chi connectivity index (χ3v) is 4.57. The minimum Gasteiger partial charge on any atom is -0.493 e. The molecule has 0 saturated carbocycles. The summed E-state index contributed by atoms with van der Waals surface area (Å²) in [4.78, 5) is 17.5. The lowest BCUT2D eigenvalue weighted by molar-refractivity contribution is 0.0946. The molecule has 0 unspecified atom stereocenters. The van der Waals surface area contributed by atoms with E-state index in [0.717, 1.165) is 23.0 Å². The molecule has 1 amide bonds. The van der Waals surface area contributed by atoms with Gasteiger partial charge in [0.15, 0.2) is 11.5 Å². The second kappa shape index (κ2) is 10.5. The molecule has 0 aliphatic carbocycles. The Bertz CT molecular complexity index is 1010. The van der Waals surface area contributed by atoms with Gasteiger partial charge in [-0.15, -0.1) is 0 Å². The Morgan fingerprint density at radius 2 is 1.83 bits per heavy atom. The number of benzene rings is 2. The lowest BCUT2D eigenvalue weighted by Gasteiger charge is -2.13. The van der Waals surface area contributed by atoms with Gasteiger partial charge in [0.2, 0.25) is 0 Å². The van der Waals surface area contributed by atoms with Crippen LogP contribution >= 0.6 is 0 Å². The van der Waals surface area contributed by atoms with Crippen molar-refractivity contribution >= 4 is 28.3 Å². The maximum Gasteiger partial charge on any atom is 0.252 e. The van der Waals surface area contributed by atoms with E-state index in [2.05, 4.69) is 15.6 Å². The Morgan fingerprint density at radius 1 is 1.03 bits per heavy atom. The summed E-state index contributed by atoms with van der Waals surface area (Å²) in [6.45, 7) is 3.80. The van der Waals surface area contributed by atoms with E-state index < -0.39 is 0 Å². The molecule has 7 heteroatoms. The van der Waals surface area contributed by atoms with Gasteiger partial charge in [-0.1, -0.05) is 18.2 Å². The second-order valence-electron chi connectivity index (χ2n) is 6.57. The van der Waals surface area contributed by atoms with Gasteiger partial charge in [0.05, 0.1) is 25.3 Å². The summed E-state index contributed by atoms with van der Waals surface area (Å²) >= 11 is 0. The topological polar surface area (TPSA) is 81.7 Å². The molecule has 0 aliphatic heterocycles. The largest absolute Gasteiger partial charge is 0.493 e. The first-order valence-electron chi connectivity index (χ1n) is 9.91. The summed E-state index contributed by atoms with van der Waals surface area (Å²) in [7, 11) is 3.18. The summed E-state index contributed by atoms with van der Waals surface area (Å²) in [5, 5.41) is 7.02. The number of carbonyl (C=O) groups excluding carboxylic acids is 1. The van der Waals surface area contributed by atoms with Crippen LogP contribution in [0.5, 0.6) is 11.5 Å². The fraction of sp³-hybridized carbons (Fsp3) is 0.304. The smallest absolute Gasteiger partial charge is 0.252 e. The van der Waals surface area contributed by atoms with Crippen molar-refractivity contribution < 1.29 is 19.0 Å². The molecule has 0 bridgehead atoms. The summed E-state index contributed by atoms with van der Waals surface area (Å²) in [6.07, 6.45) is 0.763. The summed E-state index contributed by atoms with van der Waals surface area (Å²) in [5.74, 6) is 1.68. The van der Waals surface area contributed by atoms with Crippen molar-refractivity contribution in [3.05, 3.63) is 54.1 Å². The number of para-hydroxylation sites is 1. The van der Waals surface area contributed by atoms with Crippen molar-refractivity contribution in [3.8, 4) is 11.5 Å². The molecule has 1 aromatic heterocycles. The lowest BCUT2D eigenvalue weighted by atomic mass is 10.1. The summed E-state index contributed by atoms with van der Waals surface area (Å²) in [5.41, 5.74) is 2.08. The Kier molecular flexibility index (Phi) is 7.45.